The average Bonchev–Trinajstić information content (AvgIpc) is 1.92. The molecule has 1 heteroatoms. The van der Waals surface area contributed by atoms with Gasteiger partial charge in [-0.3, -0.25) is 0 Å². The lowest BCUT2D eigenvalue weighted by atomic mass is 10.00. The molecule has 68 valence electrons. The van der Waals surface area contributed by atoms with Crippen LogP contribution in [0.3, 0.4) is 0 Å². The fourth-order valence-corrected chi connectivity index (χ4v) is 3.04. The minimum Gasteiger partial charge on any atom is -0.0848 e. The second-order valence-electron chi connectivity index (χ2n) is 4.92. The summed E-state index contributed by atoms with van der Waals surface area (Å²) in [6.45, 7) is 11.8. The molecule has 0 saturated carbocycles. The first-order valence-electron chi connectivity index (χ1n) is 4.76. The molecule has 0 heterocycles. The quantitative estimate of drug-likeness (QED) is 0.424. The van der Waals surface area contributed by atoms with Gasteiger partial charge in [0.2, 0.25) is 0 Å². The third-order valence-electron chi connectivity index (χ3n) is 2.80. The van der Waals surface area contributed by atoms with Crippen molar-refractivity contribution in [3.05, 3.63) is 22.4 Å². The molecule has 0 aliphatic heterocycles. The molecule has 12 heavy (non-hydrogen) atoms. The Hall–Kier alpha value is -0.303. The van der Waals surface area contributed by atoms with E-state index in [1.165, 1.54) is 12.8 Å². The molecule has 0 fully saturated rings. The van der Waals surface area contributed by atoms with Crippen LogP contribution in [0.2, 0.25) is 19.6 Å². The standard InChI is InChI=1S/C11H20Si/c1-9-6-7-11(8-10(9)2)12(3,4)5/h7H,6,8H2,1-5H3. The molecule has 0 nitrogen and oxygen atoms in total. The monoisotopic (exact) mass is 180 g/mol. The van der Waals surface area contributed by atoms with Crippen molar-refractivity contribution < 1.29 is 0 Å². The van der Waals surface area contributed by atoms with Crippen LogP contribution in [0.1, 0.15) is 26.7 Å². The van der Waals surface area contributed by atoms with E-state index in [0.29, 0.717) is 0 Å². The van der Waals surface area contributed by atoms with E-state index in [1.807, 2.05) is 0 Å². The van der Waals surface area contributed by atoms with Crippen LogP contribution in [0.5, 0.6) is 0 Å². The summed E-state index contributed by atoms with van der Waals surface area (Å²) in [6.07, 6.45) is 4.92. The van der Waals surface area contributed by atoms with E-state index >= 15 is 0 Å². The number of hydrogen-bond acceptors (Lipinski definition) is 0. The van der Waals surface area contributed by atoms with Gasteiger partial charge in [0.15, 0.2) is 0 Å². The summed E-state index contributed by atoms with van der Waals surface area (Å²) >= 11 is 0. The molecule has 1 aliphatic carbocycles. The molecule has 0 aromatic rings. The summed E-state index contributed by atoms with van der Waals surface area (Å²) < 4.78 is 0. The van der Waals surface area contributed by atoms with E-state index in [2.05, 4.69) is 39.6 Å². The van der Waals surface area contributed by atoms with E-state index < -0.39 is 8.07 Å². The molecule has 0 bridgehead atoms. The van der Waals surface area contributed by atoms with Crippen LogP contribution >= 0.6 is 0 Å². The molecule has 0 spiro atoms. The van der Waals surface area contributed by atoms with Crippen molar-refractivity contribution in [2.75, 3.05) is 0 Å². The molecule has 1 aliphatic rings. The molecule has 0 aromatic carbocycles. The molecule has 0 N–H and O–H groups in total. The normalized spacial score (nSPS) is 19.6. The molecule has 0 atom stereocenters. The topological polar surface area (TPSA) is 0 Å². The Labute approximate surface area is 77.4 Å². The highest BCUT2D eigenvalue weighted by Gasteiger charge is 2.21. The Balaban J connectivity index is 2.77. The summed E-state index contributed by atoms with van der Waals surface area (Å²) in [5.41, 5.74) is 3.19. The van der Waals surface area contributed by atoms with Gasteiger partial charge >= 0.3 is 0 Å². The van der Waals surface area contributed by atoms with Crippen molar-refractivity contribution in [3.8, 4) is 0 Å². The van der Waals surface area contributed by atoms with Crippen LogP contribution in [0.25, 0.3) is 0 Å². The van der Waals surface area contributed by atoms with Crippen molar-refractivity contribution in [1.29, 1.82) is 0 Å². The molecule has 0 saturated heterocycles. The van der Waals surface area contributed by atoms with E-state index in [4.69, 9.17) is 0 Å². The molecular formula is C11H20Si. The average molecular weight is 180 g/mol. The molecule has 0 aromatic heterocycles. The molecule has 1 rings (SSSR count). The first-order chi connectivity index (χ1) is 5.41. The van der Waals surface area contributed by atoms with Gasteiger partial charge in [-0.25, -0.2) is 0 Å². The van der Waals surface area contributed by atoms with Crippen molar-refractivity contribution in [3.63, 3.8) is 0 Å². The zero-order valence-electron chi connectivity index (χ0n) is 8.99. The van der Waals surface area contributed by atoms with Gasteiger partial charge in [-0.2, -0.15) is 0 Å². The summed E-state index contributed by atoms with van der Waals surface area (Å²) in [4.78, 5) is 0. The maximum Gasteiger partial charge on any atom is 0.0724 e. The van der Waals surface area contributed by atoms with E-state index in [0.717, 1.165) is 0 Å². The molecule has 0 radical (unpaired) electrons. The Morgan fingerprint density at radius 2 is 1.67 bits per heavy atom. The van der Waals surface area contributed by atoms with E-state index in [9.17, 15) is 0 Å². The lowest BCUT2D eigenvalue weighted by molar-refractivity contribution is 1.01. The summed E-state index contributed by atoms with van der Waals surface area (Å²) in [5.74, 6) is 0. The van der Waals surface area contributed by atoms with Gasteiger partial charge in [-0.15, -0.1) is 0 Å². The van der Waals surface area contributed by atoms with Gasteiger partial charge in [0.05, 0.1) is 8.07 Å². The predicted molar refractivity (Wildman–Crippen MR) is 59.0 cm³/mol. The van der Waals surface area contributed by atoms with Crippen molar-refractivity contribution in [1.82, 2.24) is 0 Å². The Bertz CT molecular complexity index is 238. The Kier molecular flexibility index (Phi) is 2.62. The first-order valence-corrected chi connectivity index (χ1v) is 8.26. The third kappa shape index (κ3) is 2.10. The second-order valence-corrected chi connectivity index (χ2v) is 10.1. The molecule has 0 amide bonds. The number of hydrogen-bond donors (Lipinski definition) is 0. The van der Waals surface area contributed by atoms with Gasteiger partial charge in [-0.05, 0) is 26.7 Å². The van der Waals surface area contributed by atoms with Crippen LogP contribution in [0.4, 0.5) is 0 Å². The fraction of sp³-hybridized carbons (Fsp3) is 0.636. The highest BCUT2D eigenvalue weighted by atomic mass is 28.3. The minimum atomic E-state index is -1.00. The summed E-state index contributed by atoms with van der Waals surface area (Å²) in [6, 6.07) is 0. The number of allylic oxidation sites excluding steroid dienone is 4. The zero-order chi connectivity index (χ0) is 9.35. The lowest BCUT2D eigenvalue weighted by Crippen LogP contribution is -2.25. The third-order valence-corrected chi connectivity index (χ3v) is 5.11. The van der Waals surface area contributed by atoms with Crippen LogP contribution in [0.15, 0.2) is 22.4 Å². The van der Waals surface area contributed by atoms with Gasteiger partial charge in [0, 0.05) is 0 Å². The van der Waals surface area contributed by atoms with Gasteiger partial charge in [-0.1, -0.05) is 42.1 Å². The molecular weight excluding hydrogens is 160 g/mol. The van der Waals surface area contributed by atoms with Crippen LogP contribution < -0.4 is 0 Å². The minimum absolute atomic E-state index is 1.00. The maximum absolute atomic E-state index is 2.47. The van der Waals surface area contributed by atoms with Crippen LogP contribution in [-0.2, 0) is 0 Å². The second kappa shape index (κ2) is 3.21. The van der Waals surface area contributed by atoms with E-state index in [1.54, 1.807) is 16.3 Å². The van der Waals surface area contributed by atoms with E-state index in [-0.39, 0.29) is 0 Å². The van der Waals surface area contributed by atoms with Crippen molar-refractivity contribution in [2.24, 2.45) is 0 Å². The largest absolute Gasteiger partial charge is 0.0848 e. The predicted octanol–water partition coefficient (Wildman–Crippen LogP) is 3.92. The van der Waals surface area contributed by atoms with Crippen LogP contribution in [-0.4, -0.2) is 8.07 Å². The summed E-state index contributed by atoms with van der Waals surface area (Å²) in [7, 11) is -1.00. The van der Waals surface area contributed by atoms with Crippen molar-refractivity contribution >= 4 is 8.07 Å². The zero-order valence-corrected chi connectivity index (χ0v) is 9.99. The van der Waals surface area contributed by atoms with Gasteiger partial charge in [0.25, 0.3) is 0 Å². The highest BCUT2D eigenvalue weighted by molar-refractivity contribution is 6.83. The number of rotatable bonds is 1. The Morgan fingerprint density at radius 1 is 1.08 bits per heavy atom. The smallest absolute Gasteiger partial charge is 0.0724 e. The van der Waals surface area contributed by atoms with Crippen molar-refractivity contribution in [2.45, 2.75) is 46.3 Å². The molecule has 0 unspecified atom stereocenters. The van der Waals surface area contributed by atoms with Crippen LogP contribution in [0, 0.1) is 0 Å². The highest BCUT2D eigenvalue weighted by Crippen LogP contribution is 2.29. The van der Waals surface area contributed by atoms with Gasteiger partial charge in [0.1, 0.15) is 0 Å². The maximum atomic E-state index is 2.47. The van der Waals surface area contributed by atoms with Gasteiger partial charge < -0.3 is 0 Å². The fourth-order valence-electron chi connectivity index (χ4n) is 1.53. The lowest BCUT2D eigenvalue weighted by Gasteiger charge is -2.25. The first kappa shape index (κ1) is 9.78. The SMILES string of the molecule is CC1=C(C)CC([Si](C)(C)C)=CC1. The Morgan fingerprint density at radius 3 is 2.08 bits per heavy atom. The summed E-state index contributed by atoms with van der Waals surface area (Å²) in [5, 5.41) is 1.74.